The fourth-order valence-electron chi connectivity index (χ4n) is 2.26. The summed E-state index contributed by atoms with van der Waals surface area (Å²) in [4.78, 5) is 12.3. The summed E-state index contributed by atoms with van der Waals surface area (Å²) >= 11 is 3.35. The molecule has 0 aliphatic heterocycles. The molecule has 2 aromatic carbocycles. The summed E-state index contributed by atoms with van der Waals surface area (Å²) in [5.41, 5.74) is 1.29. The third-order valence-corrected chi connectivity index (χ3v) is 4.34. The molecule has 0 aliphatic rings. The average molecular weight is 430 g/mol. The normalized spacial score (nSPS) is 10.5. The van der Waals surface area contributed by atoms with Crippen LogP contribution in [0.25, 0.3) is 0 Å². The molecule has 0 fully saturated rings. The van der Waals surface area contributed by atoms with Gasteiger partial charge in [0, 0.05) is 12.1 Å². The molecule has 0 saturated heterocycles. The molecule has 1 amide bonds. The Balaban J connectivity index is 1.94. The van der Waals surface area contributed by atoms with Gasteiger partial charge in [0.15, 0.2) is 0 Å². The standard InChI is InChI=1S/C18H18BrF2NO4/c1-24-14-9-12(10-15(25-2)16(14)19)17(23)22-8-7-11-3-5-13(6-4-11)26-18(20)21/h3-6,9-10,18H,7-8H2,1-2H3,(H,22,23). The van der Waals surface area contributed by atoms with Crippen molar-refractivity contribution in [2.24, 2.45) is 0 Å². The van der Waals surface area contributed by atoms with Crippen LogP contribution < -0.4 is 19.5 Å². The quantitative estimate of drug-likeness (QED) is 0.687. The van der Waals surface area contributed by atoms with Gasteiger partial charge in [0.1, 0.15) is 21.7 Å². The largest absolute Gasteiger partial charge is 0.495 e. The van der Waals surface area contributed by atoms with Crippen LogP contribution in [0.2, 0.25) is 0 Å². The van der Waals surface area contributed by atoms with Gasteiger partial charge in [-0.25, -0.2) is 0 Å². The molecule has 0 heterocycles. The van der Waals surface area contributed by atoms with E-state index in [2.05, 4.69) is 26.0 Å². The molecule has 140 valence electrons. The molecule has 0 saturated carbocycles. The van der Waals surface area contributed by atoms with Crippen molar-refractivity contribution in [3.63, 3.8) is 0 Å². The van der Waals surface area contributed by atoms with Crippen LogP contribution in [-0.2, 0) is 6.42 Å². The molecule has 26 heavy (non-hydrogen) atoms. The Hall–Kier alpha value is -2.35. The van der Waals surface area contributed by atoms with Crippen LogP contribution in [0.1, 0.15) is 15.9 Å². The van der Waals surface area contributed by atoms with E-state index in [1.807, 2.05) is 0 Å². The Morgan fingerprint density at radius 1 is 1.12 bits per heavy atom. The third-order valence-electron chi connectivity index (χ3n) is 3.56. The second kappa shape index (κ2) is 9.38. The maximum atomic E-state index is 12.3. The SMILES string of the molecule is COc1cc(C(=O)NCCc2ccc(OC(F)F)cc2)cc(OC)c1Br. The molecule has 2 rings (SSSR count). The molecular formula is C18H18BrF2NO4. The molecule has 0 unspecified atom stereocenters. The van der Waals surface area contributed by atoms with Crippen LogP contribution in [0.4, 0.5) is 8.78 Å². The smallest absolute Gasteiger partial charge is 0.387 e. The Morgan fingerprint density at radius 3 is 2.19 bits per heavy atom. The van der Waals surface area contributed by atoms with Gasteiger partial charge in [0.25, 0.3) is 5.91 Å². The molecular weight excluding hydrogens is 412 g/mol. The second-order valence-corrected chi connectivity index (χ2v) is 6.02. The van der Waals surface area contributed by atoms with Crippen molar-refractivity contribution >= 4 is 21.8 Å². The minimum atomic E-state index is -2.85. The van der Waals surface area contributed by atoms with Gasteiger partial charge < -0.3 is 19.5 Å². The first-order valence-electron chi connectivity index (χ1n) is 7.68. The van der Waals surface area contributed by atoms with Gasteiger partial charge in [-0.1, -0.05) is 12.1 Å². The number of carbonyl (C=O) groups excluding carboxylic acids is 1. The highest BCUT2D eigenvalue weighted by molar-refractivity contribution is 9.10. The lowest BCUT2D eigenvalue weighted by atomic mass is 10.1. The zero-order valence-corrected chi connectivity index (χ0v) is 15.8. The van der Waals surface area contributed by atoms with Gasteiger partial charge in [0.2, 0.25) is 0 Å². The van der Waals surface area contributed by atoms with Crippen LogP contribution in [0.3, 0.4) is 0 Å². The lowest BCUT2D eigenvalue weighted by Gasteiger charge is -2.12. The average Bonchev–Trinajstić information content (AvgIpc) is 2.62. The van der Waals surface area contributed by atoms with E-state index in [1.54, 1.807) is 24.3 Å². The van der Waals surface area contributed by atoms with Crippen molar-refractivity contribution < 1.29 is 27.8 Å². The molecule has 0 atom stereocenters. The fourth-order valence-corrected chi connectivity index (χ4v) is 2.81. The van der Waals surface area contributed by atoms with Gasteiger partial charge in [-0.3, -0.25) is 4.79 Å². The molecule has 2 aromatic rings. The first-order valence-corrected chi connectivity index (χ1v) is 8.47. The zero-order chi connectivity index (χ0) is 19.1. The van der Waals surface area contributed by atoms with Crippen LogP contribution in [0.5, 0.6) is 17.2 Å². The molecule has 0 bridgehead atoms. The van der Waals surface area contributed by atoms with Crippen molar-refractivity contribution in [1.82, 2.24) is 5.32 Å². The Kier molecular flexibility index (Phi) is 7.20. The molecule has 1 N–H and O–H groups in total. The molecule has 0 radical (unpaired) electrons. The van der Waals surface area contributed by atoms with E-state index in [1.165, 1.54) is 26.4 Å². The summed E-state index contributed by atoms with van der Waals surface area (Å²) in [6.45, 7) is -2.46. The molecule has 0 aromatic heterocycles. The Labute approximate surface area is 158 Å². The number of benzene rings is 2. The number of alkyl halides is 2. The van der Waals surface area contributed by atoms with Gasteiger partial charge in [-0.15, -0.1) is 0 Å². The summed E-state index contributed by atoms with van der Waals surface area (Å²) in [6.07, 6.45) is 0.547. The lowest BCUT2D eigenvalue weighted by Crippen LogP contribution is -2.25. The van der Waals surface area contributed by atoms with Gasteiger partial charge in [-0.05, 0) is 52.2 Å². The van der Waals surface area contributed by atoms with Crippen LogP contribution in [-0.4, -0.2) is 33.3 Å². The predicted octanol–water partition coefficient (Wildman–Crippen LogP) is 4.04. The van der Waals surface area contributed by atoms with E-state index in [4.69, 9.17) is 9.47 Å². The lowest BCUT2D eigenvalue weighted by molar-refractivity contribution is -0.0498. The number of halogens is 3. The number of hydrogen-bond donors (Lipinski definition) is 1. The first-order chi connectivity index (χ1) is 12.4. The monoisotopic (exact) mass is 429 g/mol. The number of hydrogen-bond acceptors (Lipinski definition) is 4. The van der Waals surface area contributed by atoms with Crippen molar-refractivity contribution in [2.45, 2.75) is 13.0 Å². The highest BCUT2D eigenvalue weighted by Gasteiger charge is 2.14. The van der Waals surface area contributed by atoms with Crippen LogP contribution in [0.15, 0.2) is 40.9 Å². The van der Waals surface area contributed by atoms with E-state index in [-0.39, 0.29) is 11.7 Å². The second-order valence-electron chi connectivity index (χ2n) is 5.22. The first kappa shape index (κ1) is 20.0. The predicted molar refractivity (Wildman–Crippen MR) is 96.4 cm³/mol. The van der Waals surface area contributed by atoms with Gasteiger partial charge >= 0.3 is 6.61 Å². The van der Waals surface area contributed by atoms with Gasteiger partial charge in [-0.2, -0.15) is 8.78 Å². The summed E-state index contributed by atoms with van der Waals surface area (Å²) in [6, 6.07) is 9.50. The van der Waals surface area contributed by atoms with Crippen molar-refractivity contribution in [3.8, 4) is 17.2 Å². The fraction of sp³-hybridized carbons (Fsp3) is 0.278. The van der Waals surface area contributed by atoms with E-state index in [0.29, 0.717) is 34.5 Å². The maximum Gasteiger partial charge on any atom is 0.387 e. The molecule has 8 heteroatoms. The Morgan fingerprint density at radius 2 is 1.69 bits per heavy atom. The van der Waals surface area contributed by atoms with E-state index < -0.39 is 6.61 Å². The number of carbonyl (C=O) groups is 1. The minimum absolute atomic E-state index is 0.0989. The molecule has 0 aliphatic carbocycles. The van der Waals surface area contributed by atoms with Crippen molar-refractivity contribution in [2.75, 3.05) is 20.8 Å². The van der Waals surface area contributed by atoms with Crippen LogP contribution in [0, 0.1) is 0 Å². The topological polar surface area (TPSA) is 56.8 Å². The van der Waals surface area contributed by atoms with E-state index in [9.17, 15) is 13.6 Å². The Bertz CT molecular complexity index is 728. The highest BCUT2D eigenvalue weighted by Crippen LogP contribution is 2.35. The number of amides is 1. The number of methoxy groups -OCH3 is 2. The highest BCUT2D eigenvalue weighted by atomic mass is 79.9. The van der Waals surface area contributed by atoms with Crippen molar-refractivity contribution in [1.29, 1.82) is 0 Å². The number of ether oxygens (including phenoxy) is 3. The number of nitrogens with one attached hydrogen (secondary N) is 1. The zero-order valence-electron chi connectivity index (χ0n) is 14.2. The van der Waals surface area contributed by atoms with E-state index in [0.717, 1.165) is 5.56 Å². The summed E-state index contributed by atoms with van der Waals surface area (Å²) < 4.78 is 39.6. The van der Waals surface area contributed by atoms with E-state index >= 15 is 0 Å². The molecule has 0 spiro atoms. The maximum absolute atomic E-state index is 12.3. The third kappa shape index (κ3) is 5.32. The summed E-state index contributed by atoms with van der Waals surface area (Å²) in [7, 11) is 3.01. The minimum Gasteiger partial charge on any atom is -0.495 e. The molecule has 5 nitrogen and oxygen atoms in total. The van der Waals surface area contributed by atoms with Crippen LogP contribution >= 0.6 is 15.9 Å². The summed E-state index contributed by atoms with van der Waals surface area (Å²) in [5, 5.41) is 2.80. The van der Waals surface area contributed by atoms with Crippen molar-refractivity contribution in [3.05, 3.63) is 52.0 Å². The number of rotatable bonds is 8. The van der Waals surface area contributed by atoms with Gasteiger partial charge in [0.05, 0.1) is 14.2 Å². The summed E-state index contributed by atoms with van der Waals surface area (Å²) in [5.74, 6) is 0.807.